The highest BCUT2D eigenvalue weighted by molar-refractivity contribution is 6.06. The molecule has 1 saturated heterocycles. The lowest BCUT2D eigenvalue weighted by molar-refractivity contribution is -0.0246. The largest absolute Gasteiger partial charge is 0.368 e. The number of nitrogens with one attached hydrogen (secondary N) is 2. The van der Waals surface area contributed by atoms with Gasteiger partial charge in [-0.05, 0) is 18.1 Å². The number of pyridine rings is 1. The molecule has 0 radical (unpaired) electrons. The van der Waals surface area contributed by atoms with E-state index in [-0.39, 0.29) is 11.8 Å². The molecule has 0 bridgehead atoms. The van der Waals surface area contributed by atoms with Gasteiger partial charge in [-0.1, -0.05) is 32.0 Å². The molecule has 3 aromatic rings. The Hall–Kier alpha value is -3.59. The summed E-state index contributed by atoms with van der Waals surface area (Å²) < 4.78 is 5.97. The second-order valence-electron chi connectivity index (χ2n) is 8.37. The molecule has 0 aliphatic carbocycles. The van der Waals surface area contributed by atoms with Crippen LogP contribution in [0, 0.1) is 5.92 Å². The Morgan fingerprint density at radius 3 is 2.70 bits per heavy atom. The maximum Gasteiger partial charge on any atom is 0.257 e. The molecule has 1 fully saturated rings. The highest BCUT2D eigenvalue weighted by atomic mass is 16.5. The van der Waals surface area contributed by atoms with E-state index in [4.69, 9.17) is 9.72 Å². The van der Waals surface area contributed by atoms with Gasteiger partial charge < -0.3 is 20.3 Å². The molecule has 2 N–H and O–H groups in total. The number of amides is 2. The van der Waals surface area contributed by atoms with Crippen molar-refractivity contribution in [1.82, 2.24) is 25.2 Å². The minimum absolute atomic E-state index is 0.144. The number of hydrogen-bond acceptors (Lipinski definition) is 7. The third kappa shape index (κ3) is 5.09. The third-order valence-corrected chi connectivity index (χ3v) is 5.46. The van der Waals surface area contributed by atoms with Crippen molar-refractivity contribution < 1.29 is 14.3 Å². The first kappa shape index (κ1) is 22.6. The number of morpholine rings is 1. The Morgan fingerprint density at radius 1 is 1.21 bits per heavy atom. The van der Waals surface area contributed by atoms with Gasteiger partial charge in [0.2, 0.25) is 5.95 Å². The van der Waals surface area contributed by atoms with Crippen molar-refractivity contribution in [2.24, 2.45) is 5.92 Å². The smallest absolute Gasteiger partial charge is 0.257 e. The molecule has 1 aromatic carbocycles. The average molecular weight is 449 g/mol. The number of rotatable bonds is 6. The summed E-state index contributed by atoms with van der Waals surface area (Å²) in [5.74, 6) is 0.486. The summed E-state index contributed by atoms with van der Waals surface area (Å²) in [7, 11) is 1.72. The number of benzene rings is 1. The van der Waals surface area contributed by atoms with E-state index in [9.17, 15) is 9.59 Å². The van der Waals surface area contributed by atoms with Gasteiger partial charge in [0.05, 0.1) is 35.5 Å². The van der Waals surface area contributed by atoms with Crippen LogP contribution in [0.3, 0.4) is 0 Å². The van der Waals surface area contributed by atoms with Gasteiger partial charge >= 0.3 is 0 Å². The van der Waals surface area contributed by atoms with Crippen LogP contribution >= 0.6 is 0 Å². The first-order valence-electron chi connectivity index (χ1n) is 11.0. The highest BCUT2D eigenvalue weighted by Crippen LogP contribution is 2.27. The number of carbonyl (C=O) groups excluding carboxylic acids is 2. The van der Waals surface area contributed by atoms with Crippen LogP contribution in [0.15, 0.2) is 42.7 Å². The van der Waals surface area contributed by atoms with Crippen LogP contribution in [0.5, 0.6) is 0 Å². The van der Waals surface area contributed by atoms with Crippen LogP contribution in [0.1, 0.15) is 46.4 Å². The number of hydrogen-bond donors (Lipinski definition) is 2. The van der Waals surface area contributed by atoms with Crippen LogP contribution in [0.25, 0.3) is 10.9 Å². The standard InChI is InChI=1S/C24H28N6O3/c1-15(2)11-26-22(31)18-10-20(29-19-7-5-4-6-17(18)19)21-14-30(8-9-33-21)23(32)16-12-27-24(25-3)28-13-16/h4-7,10,12-13,15,21H,8-9,11,14H2,1-3H3,(H,26,31)(H,25,27,28)/t21-/m1/s1. The quantitative estimate of drug-likeness (QED) is 0.597. The number of para-hydroxylation sites is 1. The highest BCUT2D eigenvalue weighted by Gasteiger charge is 2.28. The van der Waals surface area contributed by atoms with E-state index in [2.05, 4.69) is 34.4 Å². The molecule has 172 valence electrons. The lowest BCUT2D eigenvalue weighted by Crippen LogP contribution is -2.42. The molecule has 2 amide bonds. The van der Waals surface area contributed by atoms with Gasteiger partial charge in [0.25, 0.3) is 11.8 Å². The van der Waals surface area contributed by atoms with Crippen molar-refractivity contribution in [3.63, 3.8) is 0 Å². The van der Waals surface area contributed by atoms with Gasteiger partial charge in [0, 0.05) is 37.9 Å². The van der Waals surface area contributed by atoms with E-state index in [1.165, 1.54) is 12.4 Å². The SMILES string of the molecule is CNc1ncc(C(=O)N2CCO[C@@H](c3cc(C(=O)NCC(C)C)c4ccccc4n3)C2)cn1. The second kappa shape index (κ2) is 9.91. The fourth-order valence-electron chi connectivity index (χ4n) is 3.70. The van der Waals surface area contributed by atoms with Gasteiger partial charge in [-0.2, -0.15) is 0 Å². The molecular formula is C24H28N6O3. The van der Waals surface area contributed by atoms with Crippen LogP contribution in [0.2, 0.25) is 0 Å². The number of carbonyl (C=O) groups is 2. The molecule has 0 saturated carbocycles. The summed E-state index contributed by atoms with van der Waals surface area (Å²) in [5, 5.41) is 6.61. The third-order valence-electron chi connectivity index (χ3n) is 5.46. The van der Waals surface area contributed by atoms with Gasteiger partial charge in [0.15, 0.2) is 0 Å². The first-order valence-corrected chi connectivity index (χ1v) is 11.0. The molecule has 0 unspecified atom stereocenters. The van der Waals surface area contributed by atoms with E-state index in [1.54, 1.807) is 18.0 Å². The zero-order chi connectivity index (χ0) is 23.4. The van der Waals surface area contributed by atoms with Crippen LogP contribution in [-0.4, -0.2) is 65.0 Å². The summed E-state index contributed by atoms with van der Waals surface area (Å²) in [5.41, 5.74) is 2.31. The Morgan fingerprint density at radius 2 is 1.97 bits per heavy atom. The molecule has 0 spiro atoms. The topological polar surface area (TPSA) is 109 Å². The Bertz CT molecular complexity index is 1150. The summed E-state index contributed by atoms with van der Waals surface area (Å²) in [4.78, 5) is 40.7. The summed E-state index contributed by atoms with van der Waals surface area (Å²) in [6.45, 7) is 5.84. The molecule has 33 heavy (non-hydrogen) atoms. The molecular weight excluding hydrogens is 420 g/mol. The van der Waals surface area contributed by atoms with E-state index in [0.29, 0.717) is 60.4 Å². The second-order valence-corrected chi connectivity index (χ2v) is 8.37. The van der Waals surface area contributed by atoms with Gasteiger partial charge in [0.1, 0.15) is 6.10 Å². The number of ether oxygens (including phenoxy) is 1. The molecule has 1 aliphatic heterocycles. The Balaban J connectivity index is 1.59. The monoisotopic (exact) mass is 448 g/mol. The fraction of sp³-hybridized carbons (Fsp3) is 0.375. The Kier molecular flexibility index (Phi) is 6.79. The van der Waals surface area contributed by atoms with Gasteiger partial charge in [-0.3, -0.25) is 9.59 Å². The van der Waals surface area contributed by atoms with E-state index >= 15 is 0 Å². The first-order chi connectivity index (χ1) is 16.0. The molecule has 4 rings (SSSR count). The predicted molar refractivity (Wildman–Crippen MR) is 125 cm³/mol. The maximum atomic E-state index is 13.0. The normalized spacial score (nSPS) is 16.1. The molecule has 9 heteroatoms. The van der Waals surface area contributed by atoms with Crippen molar-refractivity contribution in [3.8, 4) is 0 Å². The zero-order valence-electron chi connectivity index (χ0n) is 19.0. The van der Waals surface area contributed by atoms with Gasteiger partial charge in [-0.15, -0.1) is 0 Å². The minimum atomic E-state index is -0.443. The molecule has 2 aromatic heterocycles. The van der Waals surface area contributed by atoms with E-state index < -0.39 is 6.10 Å². The van der Waals surface area contributed by atoms with Crippen molar-refractivity contribution in [2.45, 2.75) is 20.0 Å². The maximum absolute atomic E-state index is 13.0. The van der Waals surface area contributed by atoms with Crippen molar-refractivity contribution in [1.29, 1.82) is 0 Å². The zero-order valence-corrected chi connectivity index (χ0v) is 19.0. The molecule has 3 heterocycles. The summed E-state index contributed by atoms with van der Waals surface area (Å²) >= 11 is 0. The van der Waals surface area contributed by atoms with Crippen molar-refractivity contribution in [3.05, 3.63) is 59.5 Å². The number of nitrogens with zero attached hydrogens (tertiary/aromatic N) is 4. The van der Waals surface area contributed by atoms with Gasteiger partial charge in [-0.25, -0.2) is 15.0 Å². The summed E-state index contributed by atoms with van der Waals surface area (Å²) in [6, 6.07) is 9.33. The van der Waals surface area contributed by atoms with Crippen molar-refractivity contribution >= 4 is 28.7 Å². The van der Waals surface area contributed by atoms with E-state index in [1.807, 2.05) is 24.3 Å². The number of fused-ring (bicyclic) bond motifs is 1. The lowest BCUT2D eigenvalue weighted by Gasteiger charge is -2.33. The van der Waals surface area contributed by atoms with Crippen molar-refractivity contribution in [2.75, 3.05) is 38.6 Å². The molecule has 1 atom stereocenters. The Labute approximate surface area is 192 Å². The summed E-state index contributed by atoms with van der Waals surface area (Å²) in [6.07, 6.45) is 2.58. The molecule has 1 aliphatic rings. The van der Waals surface area contributed by atoms with Crippen LogP contribution in [-0.2, 0) is 4.74 Å². The predicted octanol–water partition coefficient (Wildman–Crippen LogP) is 2.67. The van der Waals surface area contributed by atoms with Crippen LogP contribution < -0.4 is 10.6 Å². The van der Waals surface area contributed by atoms with Crippen LogP contribution in [0.4, 0.5) is 5.95 Å². The fourth-order valence-corrected chi connectivity index (χ4v) is 3.70. The number of anilines is 1. The average Bonchev–Trinajstić information content (AvgIpc) is 2.86. The lowest BCUT2D eigenvalue weighted by atomic mass is 10.0. The minimum Gasteiger partial charge on any atom is -0.368 e. The van der Waals surface area contributed by atoms with E-state index in [0.717, 1.165) is 5.39 Å². The number of aromatic nitrogens is 3. The molecule has 9 nitrogen and oxygen atoms in total.